The number of aromatic nitrogens is 2. The largest absolute Gasteiger partial charge is 0.263 e. The average Bonchev–Trinajstić information content (AvgIpc) is 2.68. The minimum absolute atomic E-state index is 0.134. The van der Waals surface area contributed by atoms with Crippen LogP contribution < -0.4 is 0 Å². The lowest BCUT2D eigenvalue weighted by Gasteiger charge is -2.21. The Bertz CT molecular complexity index is 1010. The van der Waals surface area contributed by atoms with Crippen molar-refractivity contribution in [3.63, 3.8) is 0 Å². The van der Waals surface area contributed by atoms with E-state index < -0.39 is 5.92 Å². The summed E-state index contributed by atoms with van der Waals surface area (Å²) in [5, 5.41) is 0.611. The minimum Gasteiger partial charge on any atom is -0.263 e. The van der Waals surface area contributed by atoms with Crippen molar-refractivity contribution in [2.75, 3.05) is 0 Å². The third kappa shape index (κ3) is 3.91. The van der Waals surface area contributed by atoms with E-state index in [0.29, 0.717) is 11.4 Å². The lowest BCUT2D eigenvalue weighted by molar-refractivity contribution is -0.00605. The molecule has 1 radical (unpaired) electrons. The van der Waals surface area contributed by atoms with Gasteiger partial charge in [-0.2, -0.15) is 0 Å². The van der Waals surface area contributed by atoms with Crippen LogP contribution in [0.4, 0.5) is 8.78 Å². The van der Waals surface area contributed by atoms with Gasteiger partial charge in [-0.15, -0.1) is 0 Å². The zero-order valence-corrected chi connectivity index (χ0v) is 15.2. The van der Waals surface area contributed by atoms with Crippen LogP contribution in [0.25, 0.3) is 27.8 Å². The molecule has 2 nitrogen and oxygen atoms in total. The van der Waals surface area contributed by atoms with Crippen molar-refractivity contribution in [2.45, 2.75) is 25.2 Å². The Morgan fingerprint density at radius 1 is 1.07 bits per heavy atom. The van der Waals surface area contributed by atoms with Crippen molar-refractivity contribution >= 4 is 17.2 Å². The second kappa shape index (κ2) is 7.20. The van der Waals surface area contributed by atoms with Crippen LogP contribution in [-0.4, -0.2) is 15.9 Å². The van der Waals surface area contributed by atoms with Gasteiger partial charge in [0.2, 0.25) is 0 Å². The molecule has 0 saturated heterocycles. The highest BCUT2D eigenvalue weighted by Gasteiger charge is 2.31. The number of halogens is 3. The topological polar surface area (TPSA) is 25.8 Å². The van der Waals surface area contributed by atoms with Gasteiger partial charge in [0.05, 0.1) is 5.69 Å². The summed E-state index contributed by atoms with van der Waals surface area (Å²) in [6.07, 6.45) is 6.81. The van der Waals surface area contributed by atoms with Crippen LogP contribution in [0.1, 0.15) is 25.0 Å². The molecule has 0 aliphatic heterocycles. The summed E-state index contributed by atoms with van der Waals surface area (Å²) in [4.78, 5) is 8.71. The van der Waals surface area contributed by atoms with Gasteiger partial charge >= 0.3 is 0 Å². The molecule has 135 valence electrons. The third-order valence-electron chi connectivity index (χ3n) is 4.69. The monoisotopic (exact) mass is 381 g/mol. The maximum Gasteiger partial charge on any atom is 0.251 e. The summed E-state index contributed by atoms with van der Waals surface area (Å²) < 4.78 is 26.8. The fraction of sp³-hybridized carbons (Fsp3) is 0.182. The second-order valence-electron chi connectivity index (χ2n) is 6.59. The number of nitrogens with zero attached hydrogens (tertiary/aromatic N) is 2. The molecule has 27 heavy (non-hydrogen) atoms. The molecule has 1 aliphatic carbocycles. The molecular formula is C22H16ClF2N2. The molecule has 0 atom stereocenters. The smallest absolute Gasteiger partial charge is 0.251 e. The molecule has 2 aromatic heterocycles. The van der Waals surface area contributed by atoms with E-state index in [1.165, 1.54) is 0 Å². The summed E-state index contributed by atoms with van der Waals surface area (Å²) >= 11 is 6.27. The molecule has 0 fully saturated rings. The molecule has 2 heterocycles. The number of hydrogen-bond donors (Lipinski definition) is 0. The molecular weight excluding hydrogens is 366 g/mol. The van der Waals surface area contributed by atoms with Crippen molar-refractivity contribution < 1.29 is 8.78 Å². The number of hydrogen-bond acceptors (Lipinski definition) is 2. The van der Waals surface area contributed by atoms with E-state index in [-0.39, 0.29) is 12.8 Å². The zero-order valence-electron chi connectivity index (χ0n) is 14.4. The summed E-state index contributed by atoms with van der Waals surface area (Å²) in [6.45, 7) is 0. The normalized spacial score (nSPS) is 16.0. The zero-order chi connectivity index (χ0) is 18.9. The van der Waals surface area contributed by atoms with Gasteiger partial charge < -0.3 is 0 Å². The molecule has 0 amide bonds. The Labute approximate surface area is 161 Å². The molecule has 0 N–H and O–H groups in total. The molecule has 0 unspecified atom stereocenters. The summed E-state index contributed by atoms with van der Waals surface area (Å²) in [7, 11) is 0. The Morgan fingerprint density at radius 2 is 1.93 bits per heavy atom. The van der Waals surface area contributed by atoms with Gasteiger partial charge in [-0.25, -0.2) is 8.78 Å². The van der Waals surface area contributed by atoms with E-state index in [4.69, 9.17) is 11.6 Å². The highest BCUT2D eigenvalue weighted by atomic mass is 35.5. The maximum atomic E-state index is 13.4. The van der Waals surface area contributed by atoms with Gasteiger partial charge in [-0.1, -0.05) is 29.8 Å². The second-order valence-corrected chi connectivity index (χ2v) is 6.99. The molecule has 1 aliphatic rings. The van der Waals surface area contributed by atoms with Crippen molar-refractivity contribution in [1.82, 2.24) is 9.97 Å². The number of allylic oxidation sites excluding steroid dienone is 2. The van der Waals surface area contributed by atoms with Crippen molar-refractivity contribution in [3.05, 3.63) is 77.8 Å². The van der Waals surface area contributed by atoms with E-state index in [2.05, 4.69) is 16.0 Å². The number of benzene rings is 1. The number of pyridine rings is 2. The van der Waals surface area contributed by atoms with Crippen LogP contribution in [0.2, 0.25) is 5.02 Å². The van der Waals surface area contributed by atoms with Gasteiger partial charge in [0.15, 0.2) is 0 Å². The summed E-state index contributed by atoms with van der Waals surface area (Å²) in [6, 6.07) is 14.2. The van der Waals surface area contributed by atoms with Crippen molar-refractivity contribution in [3.8, 4) is 22.3 Å². The Morgan fingerprint density at radius 3 is 2.70 bits per heavy atom. The predicted octanol–water partition coefficient (Wildman–Crippen LogP) is 6.47. The van der Waals surface area contributed by atoms with Gasteiger partial charge in [-0.3, -0.25) is 9.97 Å². The molecule has 4 rings (SSSR count). The van der Waals surface area contributed by atoms with Crippen molar-refractivity contribution in [1.29, 1.82) is 0 Å². The molecule has 1 aromatic carbocycles. The van der Waals surface area contributed by atoms with Gasteiger partial charge in [0, 0.05) is 53.1 Å². The Hall–Kier alpha value is -2.59. The van der Waals surface area contributed by atoms with E-state index in [0.717, 1.165) is 33.5 Å². The molecule has 0 saturated carbocycles. The highest BCUT2D eigenvalue weighted by molar-refractivity contribution is 6.33. The van der Waals surface area contributed by atoms with Crippen LogP contribution in [0, 0.1) is 6.07 Å². The van der Waals surface area contributed by atoms with Crippen LogP contribution in [0.3, 0.4) is 0 Å². The fourth-order valence-corrected chi connectivity index (χ4v) is 3.44. The van der Waals surface area contributed by atoms with Crippen molar-refractivity contribution in [2.24, 2.45) is 0 Å². The van der Waals surface area contributed by atoms with E-state index >= 15 is 0 Å². The third-order valence-corrected chi connectivity index (χ3v) is 5.01. The summed E-state index contributed by atoms with van der Waals surface area (Å²) in [5.41, 5.74) is 5.25. The van der Waals surface area contributed by atoms with Gasteiger partial charge in [-0.05, 0) is 47.9 Å². The lowest BCUT2D eigenvalue weighted by atomic mass is 9.93. The van der Waals surface area contributed by atoms with E-state index in [9.17, 15) is 8.78 Å². The Balaban J connectivity index is 1.68. The first-order valence-electron chi connectivity index (χ1n) is 8.66. The maximum absolute atomic E-state index is 13.4. The van der Waals surface area contributed by atoms with E-state index in [1.54, 1.807) is 30.7 Å². The SMILES string of the molecule is FC1(F)CC=C(c2cc(-c3cncc(-c4cc[c]cc4Cl)c3)ccn2)CC1. The Kier molecular flexibility index (Phi) is 4.75. The van der Waals surface area contributed by atoms with Gasteiger partial charge in [0.1, 0.15) is 0 Å². The van der Waals surface area contributed by atoms with Crippen LogP contribution in [0.15, 0.2) is 61.1 Å². The number of rotatable bonds is 3. The van der Waals surface area contributed by atoms with Crippen LogP contribution in [-0.2, 0) is 0 Å². The number of alkyl halides is 2. The van der Waals surface area contributed by atoms with E-state index in [1.807, 2.05) is 30.3 Å². The molecule has 0 spiro atoms. The molecule has 5 heteroatoms. The van der Waals surface area contributed by atoms with Crippen LogP contribution in [0.5, 0.6) is 0 Å². The highest BCUT2D eigenvalue weighted by Crippen LogP contribution is 2.36. The van der Waals surface area contributed by atoms with Gasteiger partial charge in [0.25, 0.3) is 5.92 Å². The van der Waals surface area contributed by atoms with Crippen LogP contribution >= 0.6 is 11.6 Å². The fourth-order valence-electron chi connectivity index (χ4n) is 3.20. The predicted molar refractivity (Wildman–Crippen MR) is 104 cm³/mol. The first-order chi connectivity index (χ1) is 13.0. The molecule has 3 aromatic rings. The quantitative estimate of drug-likeness (QED) is 0.519. The minimum atomic E-state index is -2.61. The standard InChI is InChI=1S/C22H16ClF2N2/c23-20-4-2-1-3-19(20)18-11-17(13-26-14-18)16-7-10-27-21(12-16)15-5-8-22(24,25)9-6-15/h1,3-5,7,10-14H,6,8-9H2. The average molecular weight is 382 g/mol. The summed E-state index contributed by atoms with van der Waals surface area (Å²) in [5.74, 6) is -2.61. The lowest BCUT2D eigenvalue weighted by Crippen LogP contribution is -2.18. The first-order valence-corrected chi connectivity index (χ1v) is 9.04. The molecule has 0 bridgehead atoms. The first kappa shape index (κ1) is 17.8.